The average Bonchev–Trinajstić information content (AvgIpc) is 2.51. The van der Waals surface area contributed by atoms with Gasteiger partial charge in [0.1, 0.15) is 0 Å². The molecule has 1 unspecified atom stereocenters. The number of pyridine rings is 1. The van der Waals surface area contributed by atoms with Crippen LogP contribution in [-0.4, -0.2) is 23.0 Å². The first kappa shape index (κ1) is 14.3. The number of fused-ring (bicyclic) bond motifs is 1. The van der Waals surface area contributed by atoms with Gasteiger partial charge in [0.25, 0.3) is 0 Å². The zero-order valence-corrected chi connectivity index (χ0v) is 12.7. The first-order valence-corrected chi connectivity index (χ1v) is 7.58. The van der Waals surface area contributed by atoms with Gasteiger partial charge in [-0.15, -0.1) is 0 Å². The Kier molecular flexibility index (Phi) is 3.83. The molecule has 1 saturated heterocycles. The number of piperidine rings is 1. The van der Waals surface area contributed by atoms with Crippen LogP contribution in [0.3, 0.4) is 0 Å². The molecule has 0 spiro atoms. The van der Waals surface area contributed by atoms with E-state index in [0.29, 0.717) is 10.5 Å². The zero-order chi connectivity index (χ0) is 14.9. The third kappa shape index (κ3) is 2.74. The molecule has 1 aromatic heterocycles. The Morgan fingerprint density at radius 2 is 2.24 bits per heavy atom. The molecule has 4 nitrogen and oxygen atoms in total. The number of hydrogen-bond donors (Lipinski definition) is 2. The summed E-state index contributed by atoms with van der Waals surface area (Å²) in [6.07, 6.45) is 4.74. The van der Waals surface area contributed by atoms with E-state index in [2.05, 4.69) is 15.6 Å². The summed E-state index contributed by atoms with van der Waals surface area (Å²) in [4.78, 5) is 16.9. The van der Waals surface area contributed by atoms with Crippen LogP contribution in [0.4, 0.5) is 5.69 Å². The van der Waals surface area contributed by atoms with Gasteiger partial charge in [0.15, 0.2) is 0 Å². The molecule has 1 aromatic carbocycles. The summed E-state index contributed by atoms with van der Waals surface area (Å²) >= 11 is 6.15. The molecule has 5 heteroatoms. The lowest BCUT2D eigenvalue weighted by Crippen LogP contribution is -2.54. The number of halogens is 1. The number of aromatic nitrogens is 1. The smallest absolute Gasteiger partial charge is 0.244 e. The number of nitrogens with zero attached hydrogens (tertiary/aromatic N) is 1. The number of nitrogens with one attached hydrogen (secondary N) is 2. The maximum atomic E-state index is 12.6. The van der Waals surface area contributed by atoms with E-state index in [9.17, 15) is 4.79 Å². The quantitative estimate of drug-likeness (QED) is 0.894. The maximum Gasteiger partial charge on any atom is 0.244 e. The molecule has 2 N–H and O–H groups in total. The second-order valence-corrected chi connectivity index (χ2v) is 6.07. The van der Waals surface area contributed by atoms with E-state index in [0.717, 1.165) is 36.9 Å². The zero-order valence-electron chi connectivity index (χ0n) is 11.9. The van der Waals surface area contributed by atoms with Gasteiger partial charge in [0.05, 0.1) is 21.8 Å². The second kappa shape index (κ2) is 5.62. The molecule has 1 aliphatic heterocycles. The molecule has 0 aliphatic carbocycles. The number of amides is 1. The lowest BCUT2D eigenvalue weighted by atomic mass is 9.90. The van der Waals surface area contributed by atoms with Gasteiger partial charge in [-0.25, -0.2) is 0 Å². The van der Waals surface area contributed by atoms with Crippen molar-refractivity contribution in [2.24, 2.45) is 0 Å². The third-order valence-electron chi connectivity index (χ3n) is 4.09. The maximum absolute atomic E-state index is 12.6. The van der Waals surface area contributed by atoms with Crippen LogP contribution >= 0.6 is 11.6 Å². The highest BCUT2D eigenvalue weighted by atomic mass is 35.5. The lowest BCUT2D eigenvalue weighted by Gasteiger charge is -2.33. The van der Waals surface area contributed by atoms with Crippen molar-refractivity contribution in [3.8, 4) is 0 Å². The molecule has 2 aromatic rings. The predicted molar refractivity (Wildman–Crippen MR) is 85.6 cm³/mol. The minimum absolute atomic E-state index is 0.00493. The van der Waals surface area contributed by atoms with Crippen molar-refractivity contribution in [3.05, 3.63) is 35.5 Å². The van der Waals surface area contributed by atoms with Gasteiger partial charge in [-0.2, -0.15) is 0 Å². The highest BCUT2D eigenvalue weighted by molar-refractivity contribution is 6.35. The minimum atomic E-state index is -0.508. The summed E-state index contributed by atoms with van der Waals surface area (Å²) in [6.45, 7) is 2.84. The van der Waals surface area contributed by atoms with Gasteiger partial charge >= 0.3 is 0 Å². The van der Waals surface area contributed by atoms with Crippen molar-refractivity contribution in [1.82, 2.24) is 10.3 Å². The molecule has 0 bridgehead atoms. The van der Waals surface area contributed by atoms with Crippen LogP contribution in [0.1, 0.15) is 26.2 Å². The van der Waals surface area contributed by atoms with E-state index in [1.54, 1.807) is 12.3 Å². The normalized spacial score (nSPS) is 22.2. The van der Waals surface area contributed by atoms with E-state index in [1.807, 2.05) is 25.1 Å². The van der Waals surface area contributed by atoms with Crippen molar-refractivity contribution < 1.29 is 4.79 Å². The van der Waals surface area contributed by atoms with Crippen molar-refractivity contribution in [2.75, 3.05) is 11.9 Å². The van der Waals surface area contributed by atoms with Crippen molar-refractivity contribution in [2.45, 2.75) is 31.7 Å². The molecule has 1 fully saturated rings. The molecular weight excluding hydrogens is 286 g/mol. The van der Waals surface area contributed by atoms with E-state index < -0.39 is 5.54 Å². The van der Waals surface area contributed by atoms with Crippen LogP contribution in [-0.2, 0) is 4.79 Å². The number of anilines is 1. The summed E-state index contributed by atoms with van der Waals surface area (Å²) in [5, 5.41) is 7.79. The molecule has 1 atom stereocenters. The second-order valence-electron chi connectivity index (χ2n) is 5.66. The molecule has 3 rings (SSSR count). The Morgan fingerprint density at radius 3 is 3.00 bits per heavy atom. The fourth-order valence-corrected chi connectivity index (χ4v) is 2.97. The molecule has 110 valence electrons. The molecule has 21 heavy (non-hydrogen) atoms. The third-order valence-corrected chi connectivity index (χ3v) is 4.39. The minimum Gasteiger partial charge on any atom is -0.324 e. The number of benzene rings is 1. The monoisotopic (exact) mass is 303 g/mol. The lowest BCUT2D eigenvalue weighted by molar-refractivity contribution is -0.122. The Morgan fingerprint density at radius 1 is 1.38 bits per heavy atom. The van der Waals surface area contributed by atoms with Crippen LogP contribution in [0.15, 0.2) is 30.5 Å². The summed E-state index contributed by atoms with van der Waals surface area (Å²) in [7, 11) is 0. The fraction of sp³-hybridized carbons (Fsp3) is 0.375. The molecule has 2 heterocycles. The van der Waals surface area contributed by atoms with E-state index in [1.165, 1.54) is 0 Å². The molecule has 0 saturated carbocycles. The van der Waals surface area contributed by atoms with Crippen molar-refractivity contribution in [3.63, 3.8) is 0 Å². The molecule has 0 radical (unpaired) electrons. The SMILES string of the molecule is CC1(C(=O)Nc2ccc(Cl)c3ncccc23)CCCCN1. The number of hydrogen-bond acceptors (Lipinski definition) is 3. The van der Waals surface area contributed by atoms with Crippen LogP contribution in [0.5, 0.6) is 0 Å². The Labute approximate surface area is 128 Å². The van der Waals surface area contributed by atoms with Crippen LogP contribution < -0.4 is 10.6 Å². The summed E-state index contributed by atoms with van der Waals surface area (Å²) in [5.74, 6) is -0.00493. The van der Waals surface area contributed by atoms with Crippen LogP contribution in [0.25, 0.3) is 10.9 Å². The summed E-state index contributed by atoms with van der Waals surface area (Å²) in [5.41, 5.74) is 0.951. The van der Waals surface area contributed by atoms with Gasteiger partial charge in [0.2, 0.25) is 5.91 Å². The molecular formula is C16H18ClN3O. The van der Waals surface area contributed by atoms with Crippen molar-refractivity contribution in [1.29, 1.82) is 0 Å². The van der Waals surface area contributed by atoms with Crippen LogP contribution in [0.2, 0.25) is 5.02 Å². The van der Waals surface area contributed by atoms with Crippen LogP contribution in [0, 0.1) is 0 Å². The Hall–Kier alpha value is -1.65. The number of carbonyl (C=O) groups is 1. The standard InChI is InChI=1S/C16H18ClN3O/c1-16(8-2-3-10-19-16)15(21)20-13-7-6-12(17)14-11(13)5-4-9-18-14/h4-7,9,19H,2-3,8,10H2,1H3,(H,20,21). The van der Waals surface area contributed by atoms with Gasteiger partial charge in [-0.3, -0.25) is 9.78 Å². The van der Waals surface area contributed by atoms with Gasteiger partial charge in [-0.05, 0) is 57.0 Å². The predicted octanol–water partition coefficient (Wildman–Crippen LogP) is 3.36. The van der Waals surface area contributed by atoms with Gasteiger partial charge in [0, 0.05) is 11.6 Å². The van der Waals surface area contributed by atoms with E-state index in [-0.39, 0.29) is 5.91 Å². The largest absolute Gasteiger partial charge is 0.324 e. The van der Waals surface area contributed by atoms with E-state index in [4.69, 9.17) is 11.6 Å². The average molecular weight is 304 g/mol. The fourth-order valence-electron chi connectivity index (χ4n) is 2.76. The summed E-state index contributed by atoms with van der Waals surface area (Å²) in [6, 6.07) is 7.36. The Balaban J connectivity index is 1.91. The molecule has 1 aliphatic rings. The van der Waals surface area contributed by atoms with Gasteiger partial charge in [-0.1, -0.05) is 11.6 Å². The highest BCUT2D eigenvalue weighted by Gasteiger charge is 2.34. The topological polar surface area (TPSA) is 54.0 Å². The number of rotatable bonds is 2. The van der Waals surface area contributed by atoms with E-state index >= 15 is 0 Å². The highest BCUT2D eigenvalue weighted by Crippen LogP contribution is 2.29. The molecule has 1 amide bonds. The first-order valence-electron chi connectivity index (χ1n) is 7.20. The summed E-state index contributed by atoms with van der Waals surface area (Å²) < 4.78 is 0. The Bertz CT molecular complexity index is 680. The van der Waals surface area contributed by atoms with Gasteiger partial charge < -0.3 is 10.6 Å². The first-order chi connectivity index (χ1) is 10.1. The van der Waals surface area contributed by atoms with Crippen molar-refractivity contribution >= 4 is 34.1 Å². The number of carbonyl (C=O) groups excluding carboxylic acids is 1.